The van der Waals surface area contributed by atoms with Crippen LogP contribution >= 0.6 is 22.9 Å². The quantitative estimate of drug-likeness (QED) is 0.812. The molecule has 0 bridgehead atoms. The first-order valence-corrected chi connectivity index (χ1v) is 4.97. The Morgan fingerprint density at radius 3 is 3.08 bits per heavy atom. The summed E-state index contributed by atoms with van der Waals surface area (Å²) in [4.78, 5) is 4.07. The van der Waals surface area contributed by atoms with Crippen LogP contribution in [0.1, 0.15) is 20.3 Å². The maximum absolute atomic E-state index is 5.72. The molecule has 0 aliphatic carbocycles. The lowest BCUT2D eigenvalue weighted by atomic mass is 10.4. The van der Waals surface area contributed by atoms with Crippen LogP contribution in [0.2, 0.25) is 4.34 Å². The molecule has 1 aromatic heterocycles. The van der Waals surface area contributed by atoms with Gasteiger partial charge in [-0.15, -0.1) is 0 Å². The third-order valence-electron chi connectivity index (χ3n) is 1.29. The van der Waals surface area contributed by atoms with Crippen LogP contribution in [0.3, 0.4) is 0 Å². The van der Waals surface area contributed by atoms with Crippen LogP contribution in [0.4, 0.5) is 5.13 Å². The van der Waals surface area contributed by atoms with E-state index in [0.29, 0.717) is 4.34 Å². The highest BCUT2D eigenvalue weighted by atomic mass is 35.5. The van der Waals surface area contributed by atoms with Crippen molar-refractivity contribution in [3.05, 3.63) is 22.3 Å². The van der Waals surface area contributed by atoms with Gasteiger partial charge in [-0.25, -0.2) is 4.98 Å². The van der Waals surface area contributed by atoms with Gasteiger partial charge in [0.15, 0.2) is 5.13 Å². The molecule has 1 rings (SSSR count). The van der Waals surface area contributed by atoms with Crippen molar-refractivity contribution < 1.29 is 0 Å². The standard InChI is InChI=1S/C8H11ClN2S/c1-3-4-6(2)11-8-10-5-7(9)12-8/h4-5H,3H2,1-2H3,(H,10,11)/b6-4+. The molecule has 0 fully saturated rings. The lowest BCUT2D eigenvalue weighted by Crippen LogP contribution is -1.93. The molecule has 0 saturated carbocycles. The summed E-state index contributed by atoms with van der Waals surface area (Å²) in [5.74, 6) is 0. The lowest BCUT2D eigenvalue weighted by molar-refractivity contribution is 1.17. The molecule has 0 amide bonds. The van der Waals surface area contributed by atoms with Crippen molar-refractivity contribution in [3.8, 4) is 0 Å². The van der Waals surface area contributed by atoms with Crippen LogP contribution in [0.25, 0.3) is 0 Å². The number of halogens is 1. The van der Waals surface area contributed by atoms with E-state index < -0.39 is 0 Å². The average molecular weight is 203 g/mol. The maximum atomic E-state index is 5.72. The molecule has 0 aliphatic rings. The number of rotatable bonds is 3. The van der Waals surface area contributed by atoms with Crippen LogP contribution in [0.15, 0.2) is 18.0 Å². The minimum atomic E-state index is 0.710. The van der Waals surface area contributed by atoms with E-state index in [1.165, 1.54) is 11.3 Å². The SMILES string of the molecule is CC/C=C(\C)Nc1ncc(Cl)s1. The van der Waals surface area contributed by atoms with Crippen LogP contribution in [-0.4, -0.2) is 4.98 Å². The van der Waals surface area contributed by atoms with Gasteiger partial charge < -0.3 is 5.32 Å². The third kappa shape index (κ3) is 2.83. The number of aromatic nitrogens is 1. The minimum absolute atomic E-state index is 0.710. The zero-order valence-electron chi connectivity index (χ0n) is 7.10. The van der Waals surface area contributed by atoms with Gasteiger partial charge in [-0.05, 0) is 13.3 Å². The lowest BCUT2D eigenvalue weighted by Gasteiger charge is -1.99. The molecule has 0 unspecified atom stereocenters. The first kappa shape index (κ1) is 9.55. The van der Waals surface area contributed by atoms with Crippen LogP contribution in [-0.2, 0) is 0 Å². The fourth-order valence-corrected chi connectivity index (χ4v) is 1.71. The van der Waals surface area contributed by atoms with Crippen LogP contribution in [0, 0.1) is 0 Å². The van der Waals surface area contributed by atoms with E-state index >= 15 is 0 Å². The maximum Gasteiger partial charge on any atom is 0.188 e. The van der Waals surface area contributed by atoms with Gasteiger partial charge in [0.05, 0.1) is 6.20 Å². The van der Waals surface area contributed by atoms with E-state index in [9.17, 15) is 0 Å². The summed E-state index contributed by atoms with van der Waals surface area (Å²) in [5, 5.41) is 4.00. The Morgan fingerprint density at radius 1 is 1.83 bits per heavy atom. The second kappa shape index (κ2) is 4.48. The van der Waals surface area contributed by atoms with E-state index in [4.69, 9.17) is 11.6 Å². The first-order chi connectivity index (χ1) is 5.72. The molecule has 2 nitrogen and oxygen atoms in total. The van der Waals surface area contributed by atoms with Gasteiger partial charge in [0.2, 0.25) is 0 Å². The molecule has 66 valence electrons. The van der Waals surface area contributed by atoms with E-state index in [-0.39, 0.29) is 0 Å². The second-order valence-electron chi connectivity index (χ2n) is 2.39. The van der Waals surface area contributed by atoms with Crippen LogP contribution < -0.4 is 5.32 Å². The number of allylic oxidation sites excluding steroid dienone is 2. The van der Waals surface area contributed by atoms with Crippen molar-refractivity contribution in [1.29, 1.82) is 0 Å². The van der Waals surface area contributed by atoms with Crippen molar-refractivity contribution in [2.24, 2.45) is 0 Å². The Balaban J connectivity index is 2.58. The summed E-state index contributed by atoms with van der Waals surface area (Å²) in [5.41, 5.74) is 1.11. The monoisotopic (exact) mass is 202 g/mol. The Morgan fingerprint density at radius 2 is 2.58 bits per heavy atom. The minimum Gasteiger partial charge on any atom is -0.336 e. The van der Waals surface area contributed by atoms with Gasteiger partial charge >= 0.3 is 0 Å². The van der Waals surface area contributed by atoms with E-state index in [2.05, 4.69) is 23.3 Å². The molecule has 1 N–H and O–H groups in total. The molecular weight excluding hydrogens is 192 g/mol. The Labute approximate surface area is 81.3 Å². The van der Waals surface area contributed by atoms with E-state index in [1.807, 2.05) is 6.92 Å². The summed E-state index contributed by atoms with van der Waals surface area (Å²) in [6, 6.07) is 0. The highest BCUT2D eigenvalue weighted by Gasteiger charge is 1.97. The Hall–Kier alpha value is -0.540. The summed E-state index contributed by atoms with van der Waals surface area (Å²) in [6.07, 6.45) is 4.78. The predicted molar refractivity (Wildman–Crippen MR) is 54.8 cm³/mol. The molecule has 0 aliphatic heterocycles. The second-order valence-corrected chi connectivity index (χ2v) is 4.05. The van der Waals surface area contributed by atoms with Gasteiger partial charge in [-0.2, -0.15) is 0 Å². The predicted octanol–water partition coefficient (Wildman–Crippen LogP) is 3.52. The number of hydrogen-bond donors (Lipinski definition) is 1. The molecule has 0 aromatic carbocycles. The van der Waals surface area contributed by atoms with Crippen molar-refractivity contribution in [2.45, 2.75) is 20.3 Å². The normalized spacial score (nSPS) is 11.8. The highest BCUT2D eigenvalue weighted by molar-refractivity contribution is 7.19. The zero-order chi connectivity index (χ0) is 8.97. The summed E-state index contributed by atoms with van der Waals surface area (Å²) < 4.78 is 0.710. The van der Waals surface area contributed by atoms with Crippen molar-refractivity contribution >= 4 is 28.1 Å². The van der Waals surface area contributed by atoms with Gasteiger partial charge in [-0.3, -0.25) is 0 Å². The molecule has 0 spiro atoms. The Kier molecular flexibility index (Phi) is 3.56. The molecule has 0 saturated heterocycles. The first-order valence-electron chi connectivity index (χ1n) is 3.77. The molecule has 1 aromatic rings. The number of hydrogen-bond acceptors (Lipinski definition) is 3. The van der Waals surface area contributed by atoms with Gasteiger partial charge in [0.1, 0.15) is 4.34 Å². The van der Waals surface area contributed by atoms with E-state index in [0.717, 1.165) is 17.2 Å². The molecule has 0 radical (unpaired) electrons. The molecule has 4 heteroatoms. The fraction of sp³-hybridized carbons (Fsp3) is 0.375. The largest absolute Gasteiger partial charge is 0.336 e. The smallest absolute Gasteiger partial charge is 0.188 e. The van der Waals surface area contributed by atoms with Crippen LogP contribution in [0.5, 0.6) is 0 Å². The molecule has 12 heavy (non-hydrogen) atoms. The fourth-order valence-electron chi connectivity index (χ4n) is 0.838. The Bertz CT molecular complexity index is 280. The summed E-state index contributed by atoms with van der Waals surface area (Å²) in [7, 11) is 0. The highest BCUT2D eigenvalue weighted by Crippen LogP contribution is 2.23. The van der Waals surface area contributed by atoms with E-state index in [1.54, 1.807) is 6.20 Å². The topological polar surface area (TPSA) is 24.9 Å². The third-order valence-corrected chi connectivity index (χ3v) is 2.32. The van der Waals surface area contributed by atoms with Gasteiger partial charge in [0, 0.05) is 5.70 Å². The average Bonchev–Trinajstić information content (AvgIpc) is 2.36. The number of anilines is 1. The molecule has 0 atom stereocenters. The van der Waals surface area contributed by atoms with Crippen molar-refractivity contribution in [2.75, 3.05) is 5.32 Å². The van der Waals surface area contributed by atoms with Crippen molar-refractivity contribution in [3.63, 3.8) is 0 Å². The number of nitrogens with one attached hydrogen (secondary N) is 1. The zero-order valence-corrected chi connectivity index (χ0v) is 8.67. The van der Waals surface area contributed by atoms with Gasteiger partial charge in [-0.1, -0.05) is 35.9 Å². The van der Waals surface area contributed by atoms with Gasteiger partial charge in [0.25, 0.3) is 0 Å². The molecule has 1 heterocycles. The molecular formula is C8H11ClN2S. The number of nitrogens with zero attached hydrogens (tertiary/aromatic N) is 1. The van der Waals surface area contributed by atoms with Crippen molar-refractivity contribution in [1.82, 2.24) is 4.98 Å². The summed E-state index contributed by atoms with van der Waals surface area (Å²) in [6.45, 7) is 4.11. The number of thiazole rings is 1. The summed E-state index contributed by atoms with van der Waals surface area (Å²) >= 11 is 7.16.